The maximum absolute atomic E-state index is 12.7. The summed E-state index contributed by atoms with van der Waals surface area (Å²) in [7, 11) is 1.78. The minimum absolute atomic E-state index is 0.0393. The van der Waals surface area contributed by atoms with Crippen molar-refractivity contribution in [2.45, 2.75) is 19.5 Å². The van der Waals surface area contributed by atoms with E-state index in [9.17, 15) is 14.4 Å². The third-order valence-electron chi connectivity index (χ3n) is 4.66. The number of nitrogens with zero attached hydrogens (tertiary/aromatic N) is 2. The average molecular weight is 351 g/mol. The molecular formula is C20H21N3O3. The number of urea groups is 1. The van der Waals surface area contributed by atoms with Gasteiger partial charge < -0.3 is 10.2 Å². The van der Waals surface area contributed by atoms with Gasteiger partial charge in [0, 0.05) is 12.6 Å². The van der Waals surface area contributed by atoms with Crippen LogP contribution in [0.25, 0.3) is 0 Å². The molecule has 0 saturated carbocycles. The lowest BCUT2D eigenvalue weighted by Crippen LogP contribution is -2.30. The van der Waals surface area contributed by atoms with Gasteiger partial charge in [-0.2, -0.15) is 0 Å². The van der Waals surface area contributed by atoms with Crippen LogP contribution in [0.4, 0.5) is 4.79 Å². The summed E-state index contributed by atoms with van der Waals surface area (Å²) in [6.07, 6.45) is 0. The fraction of sp³-hybridized carbons (Fsp3) is 0.250. The average Bonchev–Trinajstić information content (AvgIpc) is 2.99. The second kappa shape index (κ2) is 7.39. The van der Waals surface area contributed by atoms with Gasteiger partial charge in [-0.1, -0.05) is 42.5 Å². The molecule has 1 unspecified atom stereocenters. The Morgan fingerprint density at radius 2 is 1.77 bits per heavy atom. The normalized spacial score (nSPS) is 14.9. The maximum Gasteiger partial charge on any atom is 0.324 e. The van der Waals surface area contributed by atoms with Crippen LogP contribution in [0, 0.1) is 0 Å². The molecule has 0 aromatic heterocycles. The molecule has 1 fully saturated rings. The SMILES string of the molecule is CC(c1ccccc1)N(C)C(=O)c1ccc(CN2C(=O)CNC2=O)cc1. The Morgan fingerprint density at radius 3 is 2.35 bits per heavy atom. The molecule has 4 amide bonds. The maximum atomic E-state index is 12.7. The number of amides is 4. The summed E-state index contributed by atoms with van der Waals surface area (Å²) in [4.78, 5) is 38.8. The zero-order valence-corrected chi connectivity index (χ0v) is 14.8. The van der Waals surface area contributed by atoms with Crippen LogP contribution in [0.2, 0.25) is 0 Å². The van der Waals surface area contributed by atoms with Crippen molar-refractivity contribution < 1.29 is 14.4 Å². The van der Waals surface area contributed by atoms with Gasteiger partial charge in [0.15, 0.2) is 0 Å². The van der Waals surface area contributed by atoms with Crippen LogP contribution in [0.3, 0.4) is 0 Å². The number of benzene rings is 2. The lowest BCUT2D eigenvalue weighted by molar-refractivity contribution is -0.125. The lowest BCUT2D eigenvalue weighted by Gasteiger charge is -2.25. The van der Waals surface area contributed by atoms with Crippen LogP contribution in [-0.4, -0.2) is 41.2 Å². The molecule has 1 N–H and O–H groups in total. The molecule has 0 bridgehead atoms. The van der Waals surface area contributed by atoms with Gasteiger partial charge in [0.05, 0.1) is 19.1 Å². The molecule has 1 aliphatic heterocycles. The lowest BCUT2D eigenvalue weighted by atomic mass is 10.1. The number of carbonyl (C=O) groups excluding carboxylic acids is 3. The Kier molecular flexibility index (Phi) is 5.02. The van der Waals surface area contributed by atoms with Crippen molar-refractivity contribution >= 4 is 17.8 Å². The third kappa shape index (κ3) is 3.59. The Hall–Kier alpha value is -3.15. The predicted molar refractivity (Wildman–Crippen MR) is 97.3 cm³/mol. The summed E-state index contributed by atoms with van der Waals surface area (Å²) < 4.78 is 0. The van der Waals surface area contributed by atoms with Gasteiger partial charge >= 0.3 is 6.03 Å². The quantitative estimate of drug-likeness (QED) is 0.842. The van der Waals surface area contributed by atoms with Crippen molar-refractivity contribution in [3.8, 4) is 0 Å². The summed E-state index contributed by atoms with van der Waals surface area (Å²) in [5, 5.41) is 2.49. The fourth-order valence-corrected chi connectivity index (χ4v) is 2.89. The molecule has 1 saturated heterocycles. The second-order valence-electron chi connectivity index (χ2n) is 6.34. The predicted octanol–water partition coefficient (Wildman–Crippen LogP) is 2.57. The monoisotopic (exact) mass is 351 g/mol. The largest absolute Gasteiger partial charge is 0.335 e. The van der Waals surface area contributed by atoms with E-state index >= 15 is 0 Å². The standard InChI is InChI=1S/C20H21N3O3/c1-14(16-6-4-3-5-7-16)22(2)19(25)17-10-8-15(9-11-17)13-23-18(24)12-21-20(23)26/h3-11,14H,12-13H2,1-2H3,(H,21,26). The molecule has 1 heterocycles. The summed E-state index contributed by atoms with van der Waals surface area (Å²) in [6.45, 7) is 2.23. The molecule has 0 spiro atoms. The molecule has 1 aliphatic rings. The van der Waals surface area contributed by atoms with Crippen molar-refractivity contribution in [1.29, 1.82) is 0 Å². The van der Waals surface area contributed by atoms with Crippen molar-refractivity contribution in [2.24, 2.45) is 0 Å². The molecule has 0 radical (unpaired) electrons. The van der Waals surface area contributed by atoms with Crippen LogP contribution in [0.5, 0.6) is 0 Å². The Labute approximate surface area is 152 Å². The van der Waals surface area contributed by atoms with E-state index < -0.39 is 0 Å². The van der Waals surface area contributed by atoms with Crippen LogP contribution in [0.15, 0.2) is 54.6 Å². The zero-order valence-electron chi connectivity index (χ0n) is 14.8. The first-order valence-electron chi connectivity index (χ1n) is 8.46. The highest BCUT2D eigenvalue weighted by Crippen LogP contribution is 2.21. The summed E-state index contributed by atoms with van der Waals surface area (Å²) >= 11 is 0. The number of hydrogen-bond acceptors (Lipinski definition) is 3. The molecule has 2 aromatic carbocycles. The number of imide groups is 1. The molecule has 26 heavy (non-hydrogen) atoms. The van der Waals surface area contributed by atoms with Crippen LogP contribution in [-0.2, 0) is 11.3 Å². The first kappa shape index (κ1) is 17.7. The number of carbonyl (C=O) groups is 3. The van der Waals surface area contributed by atoms with Crippen LogP contribution < -0.4 is 5.32 Å². The zero-order chi connectivity index (χ0) is 18.7. The molecule has 6 nitrogen and oxygen atoms in total. The Balaban J connectivity index is 1.68. The first-order valence-corrected chi connectivity index (χ1v) is 8.46. The van der Waals surface area contributed by atoms with E-state index in [0.717, 1.165) is 11.1 Å². The van der Waals surface area contributed by atoms with Gasteiger partial charge in [0.1, 0.15) is 0 Å². The molecule has 3 rings (SSSR count). The van der Waals surface area contributed by atoms with E-state index in [2.05, 4.69) is 5.32 Å². The van der Waals surface area contributed by atoms with Crippen molar-refractivity contribution in [3.05, 3.63) is 71.3 Å². The highest BCUT2D eigenvalue weighted by atomic mass is 16.2. The highest BCUT2D eigenvalue weighted by molar-refractivity contribution is 6.01. The van der Waals surface area contributed by atoms with Gasteiger partial charge in [0.25, 0.3) is 5.91 Å². The number of nitrogens with one attached hydrogen (secondary N) is 1. The minimum atomic E-state index is -0.383. The summed E-state index contributed by atoms with van der Waals surface area (Å²) in [5.74, 6) is -0.325. The molecule has 6 heteroatoms. The topological polar surface area (TPSA) is 69.7 Å². The molecule has 0 aliphatic carbocycles. The molecule has 134 valence electrons. The van der Waals surface area contributed by atoms with Crippen molar-refractivity contribution in [2.75, 3.05) is 13.6 Å². The van der Waals surface area contributed by atoms with Gasteiger partial charge in [0.2, 0.25) is 5.91 Å². The number of hydrogen-bond donors (Lipinski definition) is 1. The van der Waals surface area contributed by atoms with E-state index in [4.69, 9.17) is 0 Å². The summed E-state index contributed by atoms with van der Waals surface area (Å²) in [5.41, 5.74) is 2.43. The molecule has 2 aromatic rings. The van der Waals surface area contributed by atoms with Crippen molar-refractivity contribution in [3.63, 3.8) is 0 Å². The van der Waals surface area contributed by atoms with Gasteiger partial charge in [-0.05, 0) is 30.2 Å². The number of rotatable bonds is 5. The second-order valence-corrected chi connectivity index (χ2v) is 6.34. The van der Waals surface area contributed by atoms with Gasteiger partial charge in [-0.25, -0.2) is 4.79 Å². The van der Waals surface area contributed by atoms with Crippen LogP contribution in [0.1, 0.15) is 34.5 Å². The van der Waals surface area contributed by atoms with E-state index in [1.54, 1.807) is 36.2 Å². The van der Waals surface area contributed by atoms with E-state index in [1.165, 1.54) is 4.90 Å². The van der Waals surface area contributed by atoms with E-state index in [-0.39, 0.29) is 37.0 Å². The first-order chi connectivity index (χ1) is 12.5. The Morgan fingerprint density at radius 1 is 1.12 bits per heavy atom. The third-order valence-corrected chi connectivity index (χ3v) is 4.66. The van der Waals surface area contributed by atoms with E-state index in [0.29, 0.717) is 5.56 Å². The highest BCUT2D eigenvalue weighted by Gasteiger charge is 2.28. The van der Waals surface area contributed by atoms with Gasteiger partial charge in [-0.3, -0.25) is 14.5 Å². The van der Waals surface area contributed by atoms with Gasteiger partial charge in [-0.15, -0.1) is 0 Å². The minimum Gasteiger partial charge on any atom is -0.335 e. The van der Waals surface area contributed by atoms with Crippen LogP contribution >= 0.6 is 0 Å². The Bertz CT molecular complexity index is 802. The summed E-state index contributed by atoms with van der Waals surface area (Å²) in [6, 6.07) is 16.4. The fourth-order valence-electron chi connectivity index (χ4n) is 2.89. The molecular weight excluding hydrogens is 330 g/mol. The van der Waals surface area contributed by atoms with Crippen molar-refractivity contribution in [1.82, 2.24) is 15.1 Å². The molecule has 1 atom stereocenters. The smallest absolute Gasteiger partial charge is 0.324 e. The van der Waals surface area contributed by atoms with E-state index in [1.807, 2.05) is 37.3 Å².